The van der Waals surface area contributed by atoms with Crippen LogP contribution in [-0.4, -0.2) is 17.0 Å². The summed E-state index contributed by atoms with van der Waals surface area (Å²) < 4.78 is 5.89. The second-order valence-electron chi connectivity index (χ2n) is 5.67. The van der Waals surface area contributed by atoms with Crippen molar-refractivity contribution in [2.24, 2.45) is 5.41 Å². The van der Waals surface area contributed by atoms with E-state index >= 15 is 0 Å². The third-order valence-electron chi connectivity index (χ3n) is 4.21. The molecule has 0 amide bonds. The Hall–Kier alpha value is -0.630. The first-order valence-electron chi connectivity index (χ1n) is 5.74. The van der Waals surface area contributed by atoms with Crippen LogP contribution >= 0.6 is 0 Å². The SMILES string of the molecule is C=CCC(=O)C12OC1(C)CCCC2(C)C. The van der Waals surface area contributed by atoms with Crippen LogP contribution in [-0.2, 0) is 9.53 Å². The molecule has 0 aromatic carbocycles. The van der Waals surface area contributed by atoms with E-state index in [0.29, 0.717) is 6.42 Å². The predicted octanol–water partition coefficient (Wildman–Crippen LogP) is 2.87. The highest BCUT2D eigenvalue weighted by atomic mass is 16.6. The zero-order valence-electron chi connectivity index (χ0n) is 9.93. The van der Waals surface area contributed by atoms with Crippen molar-refractivity contribution in [3.63, 3.8) is 0 Å². The summed E-state index contributed by atoms with van der Waals surface area (Å²) in [6, 6.07) is 0. The molecule has 0 bridgehead atoms. The smallest absolute Gasteiger partial charge is 0.171 e. The normalized spacial score (nSPS) is 41.8. The predicted molar refractivity (Wildman–Crippen MR) is 59.7 cm³/mol. The average molecular weight is 208 g/mol. The first kappa shape index (κ1) is 10.9. The number of hydrogen-bond donors (Lipinski definition) is 0. The van der Waals surface area contributed by atoms with Crippen molar-refractivity contribution in [2.45, 2.75) is 57.7 Å². The van der Waals surface area contributed by atoms with Gasteiger partial charge in [-0.1, -0.05) is 19.9 Å². The van der Waals surface area contributed by atoms with E-state index in [1.165, 1.54) is 0 Å². The summed E-state index contributed by atoms with van der Waals surface area (Å²) in [5, 5.41) is 0. The lowest BCUT2D eigenvalue weighted by Crippen LogP contribution is -2.48. The topological polar surface area (TPSA) is 29.6 Å². The molecule has 2 aliphatic rings. The van der Waals surface area contributed by atoms with Crippen LogP contribution < -0.4 is 0 Å². The Labute approximate surface area is 91.7 Å². The molecule has 0 spiro atoms. The molecular weight excluding hydrogens is 188 g/mol. The third-order valence-corrected chi connectivity index (χ3v) is 4.21. The molecule has 2 rings (SSSR count). The fraction of sp³-hybridized carbons (Fsp3) is 0.769. The zero-order chi connectivity index (χ0) is 11.3. The molecule has 1 aliphatic carbocycles. The summed E-state index contributed by atoms with van der Waals surface area (Å²) >= 11 is 0. The Morgan fingerprint density at radius 1 is 1.40 bits per heavy atom. The second kappa shape index (κ2) is 2.94. The molecule has 1 heterocycles. The second-order valence-corrected chi connectivity index (χ2v) is 5.67. The van der Waals surface area contributed by atoms with E-state index < -0.39 is 5.60 Å². The standard InChI is InChI=1S/C13H20O2/c1-5-7-10(14)13-11(2,3)8-6-9-12(13,4)15-13/h5H,1,6-9H2,2-4H3. The summed E-state index contributed by atoms with van der Waals surface area (Å²) in [7, 11) is 0. The van der Waals surface area contributed by atoms with E-state index in [1.807, 2.05) is 0 Å². The number of rotatable bonds is 3. The van der Waals surface area contributed by atoms with Gasteiger partial charge in [-0.2, -0.15) is 0 Å². The largest absolute Gasteiger partial charge is 0.354 e. The molecule has 2 nitrogen and oxygen atoms in total. The van der Waals surface area contributed by atoms with Crippen LogP contribution in [0.1, 0.15) is 46.5 Å². The van der Waals surface area contributed by atoms with Gasteiger partial charge in [0.2, 0.25) is 0 Å². The fourth-order valence-corrected chi connectivity index (χ4v) is 3.44. The highest BCUT2D eigenvalue weighted by molar-refractivity contribution is 5.93. The molecule has 2 fully saturated rings. The van der Waals surface area contributed by atoms with Gasteiger partial charge in [0, 0.05) is 11.8 Å². The summed E-state index contributed by atoms with van der Waals surface area (Å²) in [6.07, 6.45) is 5.36. The van der Waals surface area contributed by atoms with Gasteiger partial charge in [0.1, 0.15) is 5.60 Å². The molecule has 84 valence electrons. The minimum atomic E-state index is -0.521. The minimum Gasteiger partial charge on any atom is -0.354 e. The van der Waals surface area contributed by atoms with Gasteiger partial charge in [0.05, 0.1) is 0 Å². The fourth-order valence-electron chi connectivity index (χ4n) is 3.44. The number of hydrogen-bond acceptors (Lipinski definition) is 2. The molecule has 2 atom stereocenters. The Morgan fingerprint density at radius 3 is 2.60 bits per heavy atom. The molecule has 2 heteroatoms. The maximum absolute atomic E-state index is 12.2. The van der Waals surface area contributed by atoms with Crippen molar-refractivity contribution < 1.29 is 9.53 Å². The summed E-state index contributed by atoms with van der Waals surface area (Å²) in [6.45, 7) is 10.0. The Morgan fingerprint density at radius 2 is 2.07 bits per heavy atom. The van der Waals surface area contributed by atoms with E-state index in [2.05, 4.69) is 27.4 Å². The van der Waals surface area contributed by atoms with E-state index in [9.17, 15) is 4.79 Å². The third kappa shape index (κ3) is 1.17. The summed E-state index contributed by atoms with van der Waals surface area (Å²) in [5.74, 6) is 0.213. The molecular formula is C13H20O2. The molecule has 15 heavy (non-hydrogen) atoms. The number of carbonyl (C=O) groups excluding carboxylic acids is 1. The number of fused-ring (bicyclic) bond motifs is 1. The van der Waals surface area contributed by atoms with E-state index in [1.54, 1.807) is 6.08 Å². The number of carbonyl (C=O) groups is 1. The Kier molecular flexibility index (Phi) is 2.13. The van der Waals surface area contributed by atoms with E-state index in [0.717, 1.165) is 19.3 Å². The van der Waals surface area contributed by atoms with Crippen LogP contribution in [0.5, 0.6) is 0 Å². The summed E-state index contributed by atoms with van der Waals surface area (Å²) in [5.41, 5.74) is -0.749. The lowest BCUT2D eigenvalue weighted by atomic mass is 9.62. The van der Waals surface area contributed by atoms with Crippen LogP contribution in [0.2, 0.25) is 0 Å². The van der Waals surface area contributed by atoms with Gasteiger partial charge in [0.15, 0.2) is 11.4 Å². The van der Waals surface area contributed by atoms with Gasteiger partial charge in [0.25, 0.3) is 0 Å². The maximum Gasteiger partial charge on any atom is 0.171 e. The maximum atomic E-state index is 12.2. The summed E-state index contributed by atoms with van der Waals surface area (Å²) in [4.78, 5) is 12.2. The monoisotopic (exact) mass is 208 g/mol. The molecule has 1 aliphatic heterocycles. The molecule has 1 saturated carbocycles. The quantitative estimate of drug-likeness (QED) is 0.527. The van der Waals surface area contributed by atoms with Crippen molar-refractivity contribution in [2.75, 3.05) is 0 Å². The first-order chi connectivity index (χ1) is 6.90. The van der Waals surface area contributed by atoms with Crippen molar-refractivity contribution in [1.82, 2.24) is 0 Å². The number of epoxide rings is 1. The van der Waals surface area contributed by atoms with E-state index in [-0.39, 0.29) is 16.8 Å². The van der Waals surface area contributed by atoms with Gasteiger partial charge >= 0.3 is 0 Å². The highest BCUT2D eigenvalue weighted by Gasteiger charge is 2.77. The lowest BCUT2D eigenvalue weighted by Gasteiger charge is -2.37. The van der Waals surface area contributed by atoms with Gasteiger partial charge in [-0.3, -0.25) is 4.79 Å². The van der Waals surface area contributed by atoms with Crippen molar-refractivity contribution in [3.05, 3.63) is 12.7 Å². The molecule has 1 saturated heterocycles. The van der Waals surface area contributed by atoms with Crippen LogP contribution in [0.15, 0.2) is 12.7 Å². The highest BCUT2D eigenvalue weighted by Crippen LogP contribution is 2.65. The first-order valence-corrected chi connectivity index (χ1v) is 5.74. The molecule has 0 aromatic rings. The van der Waals surface area contributed by atoms with Crippen LogP contribution in [0.3, 0.4) is 0 Å². The molecule has 0 N–H and O–H groups in total. The van der Waals surface area contributed by atoms with Crippen molar-refractivity contribution in [3.8, 4) is 0 Å². The van der Waals surface area contributed by atoms with Gasteiger partial charge in [-0.25, -0.2) is 0 Å². The van der Waals surface area contributed by atoms with Crippen molar-refractivity contribution >= 4 is 5.78 Å². The number of Topliss-reactive ketones (excluding diaryl/α,β-unsaturated/α-hetero) is 1. The molecule has 0 aromatic heterocycles. The van der Waals surface area contributed by atoms with Gasteiger partial charge in [-0.15, -0.1) is 6.58 Å². The van der Waals surface area contributed by atoms with Crippen molar-refractivity contribution in [1.29, 1.82) is 0 Å². The minimum absolute atomic E-state index is 0.0277. The Balaban J connectivity index is 2.33. The number of allylic oxidation sites excluding steroid dienone is 1. The Bertz CT molecular complexity index is 318. The van der Waals surface area contributed by atoms with Crippen LogP contribution in [0, 0.1) is 5.41 Å². The molecule has 0 radical (unpaired) electrons. The number of ketones is 1. The van der Waals surface area contributed by atoms with E-state index in [4.69, 9.17) is 4.74 Å². The zero-order valence-corrected chi connectivity index (χ0v) is 9.93. The van der Waals surface area contributed by atoms with Crippen LogP contribution in [0.4, 0.5) is 0 Å². The van der Waals surface area contributed by atoms with Gasteiger partial charge < -0.3 is 4.74 Å². The lowest BCUT2D eigenvalue weighted by molar-refractivity contribution is -0.128. The molecule has 2 unspecified atom stereocenters. The van der Waals surface area contributed by atoms with Crippen LogP contribution in [0.25, 0.3) is 0 Å². The number of ether oxygens (including phenoxy) is 1. The average Bonchev–Trinajstić information content (AvgIpc) is 2.75. The van der Waals surface area contributed by atoms with Gasteiger partial charge in [-0.05, 0) is 26.2 Å².